The van der Waals surface area contributed by atoms with Crippen molar-refractivity contribution in [2.75, 3.05) is 26.4 Å². The number of carbonyl (C=O) groups is 1. The maximum atomic E-state index is 11.6. The van der Waals surface area contributed by atoms with Crippen LogP contribution in [0.4, 0.5) is 0 Å². The van der Waals surface area contributed by atoms with E-state index in [9.17, 15) is 20.1 Å². The Kier molecular flexibility index (Phi) is 19.9. The third-order valence-electron chi connectivity index (χ3n) is 15.3. The third kappa shape index (κ3) is 16.2. The number of aromatic hydroxyl groups is 2. The molecule has 0 spiro atoms. The fourth-order valence-corrected chi connectivity index (χ4v) is 10.2. The van der Waals surface area contributed by atoms with Crippen LogP contribution in [0.25, 0.3) is 113 Å². The highest BCUT2D eigenvalue weighted by Crippen LogP contribution is 2.37. The van der Waals surface area contributed by atoms with Crippen LogP contribution >= 0.6 is 0 Å². The molecule has 1 unspecified atom stereocenters. The van der Waals surface area contributed by atoms with E-state index in [4.69, 9.17) is 48.9 Å². The van der Waals surface area contributed by atoms with Crippen molar-refractivity contribution in [3.63, 3.8) is 0 Å². The summed E-state index contributed by atoms with van der Waals surface area (Å²) in [6.45, 7) is 5.38. The van der Waals surface area contributed by atoms with Gasteiger partial charge in [0.05, 0.1) is 11.1 Å². The van der Waals surface area contributed by atoms with Crippen LogP contribution in [0, 0.1) is 0 Å². The van der Waals surface area contributed by atoms with Crippen LogP contribution in [-0.2, 0) is 9.53 Å². The van der Waals surface area contributed by atoms with Crippen LogP contribution in [-0.4, -0.2) is 83.7 Å². The number of phenolic OH excluding ortho intramolecular Hbond substituents is 2. The number of benzene rings is 11. The first kappa shape index (κ1) is 62.8. The van der Waals surface area contributed by atoms with Gasteiger partial charge in [0.25, 0.3) is 0 Å². The average Bonchev–Trinajstić information content (AvgIpc) is 0.848. The molecule has 0 fully saturated rings. The summed E-state index contributed by atoms with van der Waals surface area (Å²) >= 11 is 0. The summed E-state index contributed by atoms with van der Waals surface area (Å²) in [5.41, 5.74) is 13.2. The van der Waals surface area contributed by atoms with E-state index in [1.54, 1.807) is 31.2 Å². The Bertz CT molecular complexity index is 4500. The highest BCUT2D eigenvalue weighted by molar-refractivity contribution is 5.87. The number of rotatable bonds is 21. The standard InChI is InChI=1S/C42H33N3O4.C39H31N3O4/c46-35(27-48-36-14-8-3-9-15-36)28-49-37-24-25-38(39(47)26-37)42-44-40(33-20-16-31(17-21-33)29-10-4-1-5-11-29)43-41(45-42)34-22-18-32(19-23-34)30-12-6-2-7-13-30;1-26(2)39(44)46-24-23-45-33-21-22-34(35(43)25-33)38-41-36(31-17-13-29(14-18-31)27-9-5-3-6-10-27)40-37(42-38)32-19-15-30(16-20-32)28-11-7-4-8-12-28/h1-26,35,46-47H,27-28H2;3-22,25,43H,1,23-24H2,2H3. The van der Waals surface area contributed by atoms with Crippen molar-refractivity contribution in [2.24, 2.45) is 0 Å². The Balaban J connectivity index is 0.000000182. The number of carbonyl (C=O) groups excluding carboxylic acids is 1. The number of aliphatic hydroxyl groups excluding tert-OH is 1. The van der Waals surface area contributed by atoms with Crippen molar-refractivity contribution in [1.29, 1.82) is 0 Å². The molecule has 0 aliphatic rings. The molecule has 3 N–H and O–H groups in total. The summed E-state index contributed by atoms with van der Waals surface area (Å²) in [6, 6.07) is 92.0. The van der Waals surface area contributed by atoms with Crippen LogP contribution in [0.15, 0.2) is 297 Å². The van der Waals surface area contributed by atoms with Crippen LogP contribution in [0.2, 0.25) is 0 Å². The minimum atomic E-state index is -0.864. The molecule has 2 heterocycles. The van der Waals surface area contributed by atoms with Crippen molar-refractivity contribution < 1.29 is 39.1 Å². The van der Waals surface area contributed by atoms with Gasteiger partial charge in [0, 0.05) is 40.0 Å². The topological polar surface area (TPSA) is 192 Å². The summed E-state index contributed by atoms with van der Waals surface area (Å²) in [7, 11) is 0. The highest BCUT2D eigenvalue weighted by Gasteiger charge is 2.19. The molecule has 466 valence electrons. The normalized spacial score (nSPS) is 11.1. The minimum absolute atomic E-state index is 0.0103. The van der Waals surface area contributed by atoms with Gasteiger partial charge in [-0.3, -0.25) is 0 Å². The Hall–Kier alpha value is -12.4. The zero-order valence-electron chi connectivity index (χ0n) is 51.8. The summed E-state index contributed by atoms with van der Waals surface area (Å²) in [6.07, 6.45) is -0.864. The number of esters is 1. The molecule has 0 saturated heterocycles. The Morgan fingerprint density at radius 3 is 0.926 bits per heavy atom. The molecule has 13 aromatic rings. The molecule has 0 aliphatic heterocycles. The largest absolute Gasteiger partial charge is 0.507 e. The second-order valence-corrected chi connectivity index (χ2v) is 22.1. The van der Waals surface area contributed by atoms with Gasteiger partial charge in [-0.25, -0.2) is 34.7 Å². The SMILES string of the molecule is C=C(C)C(=O)OCCOc1ccc(-c2nc(-c3ccc(-c4ccccc4)cc3)nc(-c3ccc(-c4ccccc4)cc3)n2)c(O)c1.Oc1cc(OCC(O)COc2ccccc2)ccc1-c1nc(-c2ccc(-c3ccccc3)cc2)nc(-c2ccc(-c3ccccc3)cc2)n1. The van der Waals surface area contributed by atoms with Gasteiger partial charge in [-0.15, -0.1) is 0 Å². The van der Waals surface area contributed by atoms with Gasteiger partial charge in [0.15, 0.2) is 34.9 Å². The smallest absolute Gasteiger partial charge is 0.333 e. The highest BCUT2D eigenvalue weighted by atomic mass is 16.6. The lowest BCUT2D eigenvalue weighted by atomic mass is 10.0. The molecular weight excluding hydrogens is 1180 g/mol. The van der Waals surface area contributed by atoms with Crippen molar-refractivity contribution in [2.45, 2.75) is 13.0 Å². The maximum Gasteiger partial charge on any atom is 0.333 e. The summed E-state index contributed by atoms with van der Waals surface area (Å²) in [4.78, 5) is 40.5. The van der Waals surface area contributed by atoms with E-state index in [1.807, 2.05) is 200 Å². The molecule has 11 aromatic carbocycles. The molecular formula is C81H64N6O8. The molecule has 13 rings (SSSR count). The van der Waals surface area contributed by atoms with Gasteiger partial charge >= 0.3 is 5.97 Å². The van der Waals surface area contributed by atoms with E-state index >= 15 is 0 Å². The molecule has 0 aliphatic carbocycles. The van der Waals surface area contributed by atoms with Gasteiger partial charge in [-0.1, -0.05) is 243 Å². The fraction of sp³-hybridized carbons (Fsp3) is 0.0741. The van der Waals surface area contributed by atoms with Crippen LogP contribution in [0.3, 0.4) is 0 Å². The van der Waals surface area contributed by atoms with E-state index in [0.29, 0.717) is 68.9 Å². The summed E-state index contributed by atoms with van der Waals surface area (Å²) in [5.74, 6) is 3.42. The number of aromatic nitrogens is 6. The van der Waals surface area contributed by atoms with E-state index in [-0.39, 0.29) is 37.9 Å². The Morgan fingerprint density at radius 2 is 0.611 bits per heavy atom. The zero-order chi connectivity index (χ0) is 65.3. The van der Waals surface area contributed by atoms with Crippen LogP contribution in [0.5, 0.6) is 28.7 Å². The van der Waals surface area contributed by atoms with Crippen molar-refractivity contribution in [3.8, 4) is 142 Å². The Morgan fingerprint density at radius 1 is 0.337 bits per heavy atom. The lowest BCUT2D eigenvalue weighted by molar-refractivity contribution is -0.139. The first-order valence-electron chi connectivity index (χ1n) is 30.8. The van der Waals surface area contributed by atoms with Crippen molar-refractivity contribution in [1.82, 2.24) is 29.9 Å². The lowest BCUT2D eigenvalue weighted by Crippen LogP contribution is -2.25. The molecule has 0 bridgehead atoms. The first-order valence-corrected chi connectivity index (χ1v) is 30.8. The average molecular weight is 1250 g/mol. The second-order valence-electron chi connectivity index (χ2n) is 22.1. The predicted molar refractivity (Wildman–Crippen MR) is 372 cm³/mol. The van der Waals surface area contributed by atoms with Gasteiger partial charge in [0.1, 0.15) is 61.3 Å². The number of hydrogen-bond donors (Lipinski definition) is 3. The molecule has 0 amide bonds. The Labute approximate surface area is 550 Å². The van der Waals surface area contributed by atoms with Gasteiger partial charge in [-0.05, 0) is 87.8 Å². The van der Waals surface area contributed by atoms with Crippen LogP contribution < -0.4 is 14.2 Å². The number of ether oxygens (including phenoxy) is 4. The van der Waals surface area contributed by atoms with Gasteiger partial charge in [0.2, 0.25) is 0 Å². The lowest BCUT2D eigenvalue weighted by Gasteiger charge is -2.14. The number of phenols is 2. The van der Waals surface area contributed by atoms with Crippen LogP contribution in [0.1, 0.15) is 6.92 Å². The fourth-order valence-electron chi connectivity index (χ4n) is 10.2. The molecule has 95 heavy (non-hydrogen) atoms. The molecule has 0 saturated carbocycles. The van der Waals surface area contributed by atoms with E-state index in [2.05, 4.69) is 55.1 Å². The number of nitrogens with zero attached hydrogens (tertiary/aromatic N) is 6. The molecule has 1 atom stereocenters. The van der Waals surface area contributed by atoms with E-state index in [1.165, 1.54) is 12.1 Å². The van der Waals surface area contributed by atoms with Gasteiger partial charge in [-0.2, -0.15) is 0 Å². The van der Waals surface area contributed by atoms with E-state index < -0.39 is 12.1 Å². The molecule has 14 nitrogen and oxygen atoms in total. The molecule has 14 heteroatoms. The number of aliphatic hydroxyl groups is 1. The zero-order valence-corrected chi connectivity index (χ0v) is 51.8. The minimum Gasteiger partial charge on any atom is -0.507 e. The van der Waals surface area contributed by atoms with Gasteiger partial charge < -0.3 is 34.3 Å². The molecule has 2 aromatic heterocycles. The van der Waals surface area contributed by atoms with Crippen molar-refractivity contribution in [3.05, 3.63) is 297 Å². The monoisotopic (exact) mass is 1250 g/mol. The quantitative estimate of drug-likeness (QED) is 0.0350. The number of para-hydroxylation sites is 1. The van der Waals surface area contributed by atoms with E-state index in [0.717, 1.165) is 66.8 Å². The summed E-state index contributed by atoms with van der Waals surface area (Å²) < 4.78 is 22.1. The van der Waals surface area contributed by atoms with Crippen molar-refractivity contribution >= 4 is 5.97 Å². The third-order valence-corrected chi connectivity index (χ3v) is 15.3. The maximum absolute atomic E-state index is 11.6. The summed E-state index contributed by atoms with van der Waals surface area (Å²) in [5, 5.41) is 32.6. The first-order chi connectivity index (χ1) is 46.5. The molecule has 0 radical (unpaired) electrons. The number of hydrogen-bond acceptors (Lipinski definition) is 14. The predicted octanol–water partition coefficient (Wildman–Crippen LogP) is 17.1. The second kappa shape index (κ2) is 30.2.